The zero-order chi connectivity index (χ0) is 24.5. The lowest BCUT2D eigenvalue weighted by Crippen LogP contribution is -2.46. The summed E-state index contributed by atoms with van der Waals surface area (Å²) in [6, 6.07) is 28.6. The largest absolute Gasteiger partial charge is 0.496 e. The number of aliphatic hydroxyl groups excluding tert-OH is 1. The lowest BCUT2D eigenvalue weighted by molar-refractivity contribution is 0.241. The number of benzene rings is 3. The number of nitrogens with one attached hydrogen (secondary N) is 2. The van der Waals surface area contributed by atoms with Crippen LogP contribution in [0, 0.1) is 5.92 Å². The van der Waals surface area contributed by atoms with Gasteiger partial charge in [-0.1, -0.05) is 86.1 Å². The first-order valence-corrected chi connectivity index (χ1v) is 13.1. The first-order valence-electron chi connectivity index (χ1n) is 13.1. The van der Waals surface area contributed by atoms with Crippen LogP contribution >= 0.6 is 0 Å². The molecule has 0 amide bonds. The van der Waals surface area contributed by atoms with E-state index in [2.05, 4.69) is 96.4 Å². The highest BCUT2D eigenvalue weighted by atomic mass is 16.5. The highest BCUT2D eigenvalue weighted by Gasteiger charge is 2.40. The van der Waals surface area contributed by atoms with Crippen molar-refractivity contribution in [3.8, 4) is 5.75 Å². The van der Waals surface area contributed by atoms with Crippen molar-refractivity contribution in [1.29, 1.82) is 0 Å². The molecule has 0 bridgehead atoms. The Morgan fingerprint density at radius 1 is 1.00 bits per heavy atom. The maximum Gasteiger partial charge on any atom is 0.123 e. The Labute approximate surface area is 210 Å². The molecule has 186 valence electrons. The van der Waals surface area contributed by atoms with Gasteiger partial charge in [0.25, 0.3) is 0 Å². The van der Waals surface area contributed by atoms with E-state index in [0.717, 1.165) is 31.7 Å². The van der Waals surface area contributed by atoms with E-state index < -0.39 is 0 Å². The number of rotatable bonds is 12. The summed E-state index contributed by atoms with van der Waals surface area (Å²) in [6.07, 6.45) is 4.27. The maximum absolute atomic E-state index is 9.81. The van der Waals surface area contributed by atoms with E-state index in [1.54, 1.807) is 7.11 Å². The normalized spacial score (nSPS) is 19.8. The predicted octanol–water partition coefficient (Wildman–Crippen LogP) is 5.30. The molecular weight excluding hydrogens is 432 g/mol. The summed E-state index contributed by atoms with van der Waals surface area (Å²) in [6.45, 7) is 4.07. The average Bonchev–Trinajstić information content (AvgIpc) is 3.29. The van der Waals surface area contributed by atoms with Gasteiger partial charge in [-0.05, 0) is 54.5 Å². The fraction of sp³-hybridized carbons (Fsp3) is 0.419. The molecule has 3 atom stereocenters. The van der Waals surface area contributed by atoms with Crippen LogP contribution in [0.3, 0.4) is 0 Å². The Morgan fingerprint density at radius 2 is 1.69 bits per heavy atom. The molecule has 0 spiro atoms. The number of hydrogen-bond acceptors (Lipinski definition) is 4. The van der Waals surface area contributed by atoms with E-state index >= 15 is 0 Å². The molecule has 3 unspecified atom stereocenters. The quantitative estimate of drug-likeness (QED) is 0.335. The highest BCUT2D eigenvalue weighted by Crippen LogP contribution is 2.35. The first-order chi connectivity index (χ1) is 17.2. The second-order valence-electron chi connectivity index (χ2n) is 9.66. The molecule has 0 aromatic heterocycles. The lowest BCUT2D eigenvalue weighted by Gasteiger charge is -2.32. The molecule has 1 aliphatic heterocycles. The minimum Gasteiger partial charge on any atom is -0.496 e. The molecule has 1 heterocycles. The minimum absolute atomic E-state index is 0.203. The summed E-state index contributed by atoms with van der Waals surface area (Å²) in [7, 11) is 1.75. The van der Waals surface area contributed by atoms with Gasteiger partial charge in [-0.25, -0.2) is 0 Å². The van der Waals surface area contributed by atoms with Crippen molar-refractivity contribution < 1.29 is 9.84 Å². The second kappa shape index (κ2) is 12.9. The van der Waals surface area contributed by atoms with Crippen molar-refractivity contribution >= 4 is 0 Å². The molecule has 1 saturated heterocycles. The van der Waals surface area contributed by atoms with Crippen LogP contribution in [0.1, 0.15) is 54.4 Å². The van der Waals surface area contributed by atoms with Crippen LogP contribution in [0.2, 0.25) is 0 Å². The van der Waals surface area contributed by atoms with E-state index in [9.17, 15) is 5.11 Å². The highest BCUT2D eigenvalue weighted by molar-refractivity contribution is 5.38. The van der Waals surface area contributed by atoms with Gasteiger partial charge in [0.1, 0.15) is 5.75 Å². The van der Waals surface area contributed by atoms with Gasteiger partial charge >= 0.3 is 0 Å². The Morgan fingerprint density at radius 3 is 2.29 bits per heavy atom. The van der Waals surface area contributed by atoms with Crippen LogP contribution in [-0.4, -0.2) is 37.5 Å². The van der Waals surface area contributed by atoms with Gasteiger partial charge in [-0.2, -0.15) is 0 Å². The molecule has 0 aliphatic carbocycles. The lowest BCUT2D eigenvalue weighted by atomic mass is 9.80. The van der Waals surface area contributed by atoms with Crippen LogP contribution in [0.5, 0.6) is 5.75 Å². The van der Waals surface area contributed by atoms with Crippen LogP contribution in [0.4, 0.5) is 0 Å². The number of ether oxygens (including phenoxy) is 1. The number of hydrogen-bond donors (Lipinski definition) is 3. The number of unbranched alkanes of at least 4 members (excludes halogenated alkanes) is 1. The van der Waals surface area contributed by atoms with E-state index in [0.29, 0.717) is 5.92 Å². The van der Waals surface area contributed by atoms with Crippen molar-refractivity contribution in [2.45, 2.75) is 57.2 Å². The molecular formula is C31H40N2O2. The number of methoxy groups -OCH3 is 1. The zero-order valence-electron chi connectivity index (χ0n) is 21.1. The Bertz CT molecular complexity index is 985. The van der Waals surface area contributed by atoms with Crippen molar-refractivity contribution in [3.63, 3.8) is 0 Å². The average molecular weight is 473 g/mol. The van der Waals surface area contributed by atoms with Gasteiger partial charge < -0.3 is 20.5 Å². The van der Waals surface area contributed by atoms with E-state index in [1.807, 2.05) is 0 Å². The molecule has 0 radical (unpaired) electrons. The van der Waals surface area contributed by atoms with Gasteiger partial charge in [-0.15, -0.1) is 0 Å². The van der Waals surface area contributed by atoms with E-state index in [4.69, 9.17) is 4.74 Å². The van der Waals surface area contributed by atoms with Crippen molar-refractivity contribution in [2.75, 3.05) is 20.3 Å². The summed E-state index contributed by atoms with van der Waals surface area (Å²) in [5, 5.41) is 17.6. The van der Waals surface area contributed by atoms with E-state index in [-0.39, 0.29) is 24.6 Å². The number of aryl methyl sites for hydroxylation is 1. The molecule has 3 aromatic carbocycles. The molecule has 4 rings (SSSR count). The Kier molecular flexibility index (Phi) is 9.35. The fourth-order valence-corrected chi connectivity index (χ4v) is 5.56. The standard InChI is InChI=1S/C31H40N2O2/c1-3-4-11-23-16-17-28(35-2)27(20-23)22-32-30-26(18-19-34)21-33-31(30)29(24-12-7-5-8-13-24)25-14-9-6-10-15-25/h5-10,12-17,20,26,29-34H,3-4,11,18-19,21-22H2,1-2H3. The van der Waals surface area contributed by atoms with Crippen LogP contribution in [-0.2, 0) is 13.0 Å². The fourth-order valence-electron chi connectivity index (χ4n) is 5.56. The molecule has 1 fully saturated rings. The Balaban J connectivity index is 1.62. The van der Waals surface area contributed by atoms with Crippen LogP contribution < -0.4 is 15.4 Å². The third kappa shape index (κ3) is 6.32. The summed E-state index contributed by atoms with van der Waals surface area (Å²) >= 11 is 0. The molecule has 0 saturated carbocycles. The summed E-state index contributed by atoms with van der Waals surface area (Å²) < 4.78 is 5.71. The molecule has 1 aliphatic rings. The van der Waals surface area contributed by atoms with Crippen molar-refractivity contribution in [1.82, 2.24) is 10.6 Å². The molecule has 35 heavy (non-hydrogen) atoms. The maximum atomic E-state index is 9.81. The smallest absolute Gasteiger partial charge is 0.123 e. The van der Waals surface area contributed by atoms with Gasteiger partial charge in [-0.3, -0.25) is 0 Å². The monoisotopic (exact) mass is 472 g/mol. The third-order valence-electron chi connectivity index (χ3n) is 7.38. The third-order valence-corrected chi connectivity index (χ3v) is 7.38. The Hall–Kier alpha value is -2.66. The molecule has 4 heteroatoms. The SMILES string of the molecule is CCCCc1ccc(OC)c(CNC2C(CCO)CNC2C(c2ccccc2)c2ccccc2)c1. The summed E-state index contributed by atoms with van der Waals surface area (Å²) in [5.41, 5.74) is 5.19. The first kappa shape index (κ1) is 25.4. The van der Waals surface area contributed by atoms with Gasteiger partial charge in [0.05, 0.1) is 7.11 Å². The van der Waals surface area contributed by atoms with Gasteiger partial charge in [0.2, 0.25) is 0 Å². The van der Waals surface area contributed by atoms with E-state index in [1.165, 1.54) is 35.1 Å². The molecule has 3 aromatic rings. The topological polar surface area (TPSA) is 53.5 Å². The zero-order valence-corrected chi connectivity index (χ0v) is 21.1. The van der Waals surface area contributed by atoms with Crippen molar-refractivity contribution in [3.05, 3.63) is 101 Å². The van der Waals surface area contributed by atoms with Crippen molar-refractivity contribution in [2.24, 2.45) is 5.92 Å². The van der Waals surface area contributed by atoms with Gasteiger partial charge in [0, 0.05) is 36.7 Å². The van der Waals surface area contributed by atoms with Crippen LogP contribution in [0.15, 0.2) is 78.9 Å². The summed E-state index contributed by atoms with van der Waals surface area (Å²) in [4.78, 5) is 0. The van der Waals surface area contributed by atoms with Crippen LogP contribution in [0.25, 0.3) is 0 Å². The second-order valence-corrected chi connectivity index (χ2v) is 9.66. The number of aliphatic hydroxyl groups is 1. The van der Waals surface area contributed by atoms with Gasteiger partial charge in [0.15, 0.2) is 0 Å². The molecule has 4 nitrogen and oxygen atoms in total. The predicted molar refractivity (Wildman–Crippen MR) is 144 cm³/mol. The summed E-state index contributed by atoms with van der Waals surface area (Å²) in [5.74, 6) is 1.51. The minimum atomic E-state index is 0.203. The molecule has 3 N–H and O–H groups in total.